The molecule has 2 N–H and O–H groups in total. The number of amides is 2. The maximum Gasteiger partial charge on any atom is 0.258 e. The zero-order valence-electron chi connectivity index (χ0n) is 10.8. The van der Waals surface area contributed by atoms with E-state index in [1.165, 1.54) is 25.3 Å². The van der Waals surface area contributed by atoms with Gasteiger partial charge in [0, 0.05) is 0 Å². The third-order valence-electron chi connectivity index (χ3n) is 3.12. The highest BCUT2D eigenvalue weighted by atomic mass is 16.2. The monoisotopic (exact) mass is 294 g/mol. The van der Waals surface area contributed by atoms with Crippen LogP contribution >= 0.6 is 0 Å². The molecule has 4 heterocycles. The van der Waals surface area contributed by atoms with Crippen molar-refractivity contribution in [3.8, 4) is 0 Å². The molecule has 0 unspecified atom stereocenters. The number of nitrogens with zero attached hydrogens (tertiary/aromatic N) is 6. The second-order valence-electron chi connectivity index (χ2n) is 4.33. The summed E-state index contributed by atoms with van der Waals surface area (Å²) in [6, 6.07) is 0. The van der Waals surface area contributed by atoms with Crippen LogP contribution in [0.25, 0.3) is 11.4 Å². The van der Waals surface area contributed by atoms with Crippen molar-refractivity contribution >= 4 is 23.2 Å². The molecule has 2 aromatic heterocycles. The lowest BCUT2D eigenvalue weighted by Crippen LogP contribution is -2.22. The van der Waals surface area contributed by atoms with Crippen molar-refractivity contribution in [2.75, 3.05) is 0 Å². The third-order valence-corrected chi connectivity index (χ3v) is 3.12. The lowest BCUT2D eigenvalue weighted by Gasteiger charge is -2.04. The molecule has 2 amide bonds. The number of hydrogen-bond acceptors (Lipinski definition) is 8. The van der Waals surface area contributed by atoms with E-state index in [1.807, 2.05) is 0 Å². The van der Waals surface area contributed by atoms with Crippen LogP contribution in [0.15, 0.2) is 36.5 Å². The molecule has 4 rings (SSSR count). The van der Waals surface area contributed by atoms with Gasteiger partial charge in [0.25, 0.3) is 11.8 Å². The highest BCUT2D eigenvalue weighted by molar-refractivity contribution is 6.29. The highest BCUT2D eigenvalue weighted by Gasteiger charge is 2.42. The first kappa shape index (κ1) is 12.2. The third kappa shape index (κ3) is 1.67. The Bertz CT molecular complexity index is 786. The van der Waals surface area contributed by atoms with Crippen molar-refractivity contribution < 1.29 is 9.59 Å². The normalized spacial score (nSPS) is 16.7. The molecule has 0 bridgehead atoms. The molecule has 106 valence electrons. The fraction of sp³-hybridized carbons (Fsp3) is 0. The van der Waals surface area contributed by atoms with Gasteiger partial charge >= 0.3 is 0 Å². The van der Waals surface area contributed by atoms with Gasteiger partial charge in [0.1, 0.15) is 36.7 Å². The Morgan fingerprint density at radius 1 is 0.636 bits per heavy atom. The van der Waals surface area contributed by atoms with Gasteiger partial charge in [-0.05, 0) is 0 Å². The van der Waals surface area contributed by atoms with E-state index in [0.717, 1.165) is 0 Å². The van der Waals surface area contributed by atoms with Crippen LogP contribution in [0.2, 0.25) is 0 Å². The predicted octanol–water partition coefficient (Wildman–Crippen LogP) is -1.56. The first-order valence-corrected chi connectivity index (χ1v) is 6.12. The van der Waals surface area contributed by atoms with E-state index in [1.54, 1.807) is 0 Å². The van der Waals surface area contributed by atoms with Gasteiger partial charge in [0.15, 0.2) is 11.6 Å². The average molecular weight is 294 g/mol. The van der Waals surface area contributed by atoms with E-state index in [-0.39, 0.29) is 34.2 Å². The van der Waals surface area contributed by atoms with Crippen LogP contribution in [0, 0.1) is 0 Å². The summed E-state index contributed by atoms with van der Waals surface area (Å²) in [6.45, 7) is 0. The topological polar surface area (TPSA) is 136 Å². The first-order valence-electron chi connectivity index (χ1n) is 6.12. The standard InChI is InChI=1S/C12H6N8O2/c21-11-5-6(8(20-11)10-17-3-14-4-18-10)12(22)19-7(5)9-15-1-13-2-16-9/h1-4H,(H,19,22)(H,20,21). The SMILES string of the molecule is O=C1NC(c2ncncn2)=C2C(=O)NC(c3ncncn3)=C12. The number of rotatable bonds is 2. The molecule has 0 saturated heterocycles. The first-order chi connectivity index (χ1) is 10.8. The van der Waals surface area contributed by atoms with Gasteiger partial charge in [-0.25, -0.2) is 29.9 Å². The fourth-order valence-corrected chi connectivity index (χ4v) is 2.25. The Hall–Kier alpha value is -3.56. The zero-order valence-corrected chi connectivity index (χ0v) is 10.8. The number of hydrogen-bond donors (Lipinski definition) is 2. The molecule has 0 spiro atoms. The smallest absolute Gasteiger partial charge is 0.258 e. The number of nitrogens with one attached hydrogen (secondary N) is 2. The molecule has 2 aliphatic rings. The van der Waals surface area contributed by atoms with Gasteiger partial charge in [-0.15, -0.1) is 0 Å². The highest BCUT2D eigenvalue weighted by Crippen LogP contribution is 2.34. The second-order valence-corrected chi connectivity index (χ2v) is 4.33. The molecule has 2 aromatic rings. The van der Waals surface area contributed by atoms with Crippen LogP contribution in [0.4, 0.5) is 0 Å². The van der Waals surface area contributed by atoms with Gasteiger partial charge in [0.2, 0.25) is 0 Å². The molecule has 0 aromatic carbocycles. The summed E-state index contributed by atoms with van der Waals surface area (Å²) in [6.07, 6.45) is 5.13. The minimum Gasteiger partial charge on any atom is -0.318 e. The van der Waals surface area contributed by atoms with Crippen LogP contribution in [0.5, 0.6) is 0 Å². The van der Waals surface area contributed by atoms with Crippen LogP contribution < -0.4 is 10.6 Å². The van der Waals surface area contributed by atoms with E-state index < -0.39 is 11.8 Å². The Labute approximate surface area is 122 Å². The molecular weight excluding hydrogens is 288 g/mol. The van der Waals surface area contributed by atoms with Gasteiger partial charge in [-0.2, -0.15) is 0 Å². The summed E-state index contributed by atoms with van der Waals surface area (Å²) in [5.74, 6) is -0.473. The van der Waals surface area contributed by atoms with Crippen molar-refractivity contribution in [2.24, 2.45) is 0 Å². The number of carbonyl (C=O) groups is 2. The average Bonchev–Trinajstić information content (AvgIpc) is 3.09. The number of aromatic nitrogens is 6. The van der Waals surface area contributed by atoms with E-state index in [4.69, 9.17) is 0 Å². The Kier molecular flexibility index (Phi) is 2.48. The summed E-state index contributed by atoms with van der Waals surface area (Å²) in [7, 11) is 0. The van der Waals surface area contributed by atoms with E-state index in [9.17, 15) is 9.59 Å². The van der Waals surface area contributed by atoms with Crippen LogP contribution in [-0.2, 0) is 9.59 Å². The molecule has 0 radical (unpaired) electrons. The van der Waals surface area contributed by atoms with Crippen molar-refractivity contribution in [3.05, 3.63) is 48.1 Å². The van der Waals surface area contributed by atoms with Crippen LogP contribution in [0.1, 0.15) is 11.6 Å². The summed E-state index contributed by atoms with van der Waals surface area (Å²) in [5.41, 5.74) is 0.825. The van der Waals surface area contributed by atoms with Crippen molar-refractivity contribution in [1.82, 2.24) is 40.5 Å². The Morgan fingerprint density at radius 3 is 1.36 bits per heavy atom. The lowest BCUT2D eigenvalue weighted by atomic mass is 10.1. The maximum absolute atomic E-state index is 12.2. The number of carbonyl (C=O) groups excluding carboxylic acids is 2. The van der Waals surface area contributed by atoms with Crippen molar-refractivity contribution in [1.29, 1.82) is 0 Å². The van der Waals surface area contributed by atoms with E-state index in [0.29, 0.717) is 0 Å². The summed E-state index contributed by atoms with van der Waals surface area (Å²) < 4.78 is 0. The Balaban J connectivity index is 1.93. The molecule has 10 nitrogen and oxygen atoms in total. The van der Waals surface area contributed by atoms with Gasteiger partial charge < -0.3 is 10.6 Å². The predicted molar refractivity (Wildman–Crippen MR) is 69.8 cm³/mol. The maximum atomic E-state index is 12.2. The van der Waals surface area contributed by atoms with Gasteiger partial charge in [0.05, 0.1) is 11.1 Å². The molecule has 22 heavy (non-hydrogen) atoms. The summed E-state index contributed by atoms with van der Waals surface area (Å²) >= 11 is 0. The Morgan fingerprint density at radius 2 is 1.00 bits per heavy atom. The van der Waals surface area contributed by atoms with Crippen molar-refractivity contribution in [3.63, 3.8) is 0 Å². The van der Waals surface area contributed by atoms with Gasteiger partial charge in [-0.3, -0.25) is 9.59 Å². The molecule has 0 fully saturated rings. The minimum atomic E-state index is -0.445. The molecule has 2 aliphatic heterocycles. The zero-order chi connectivity index (χ0) is 15.1. The van der Waals surface area contributed by atoms with Gasteiger partial charge in [-0.1, -0.05) is 0 Å². The summed E-state index contributed by atoms with van der Waals surface area (Å²) in [5, 5.41) is 5.20. The second kappa shape index (κ2) is 4.48. The lowest BCUT2D eigenvalue weighted by molar-refractivity contribution is -0.117. The minimum absolute atomic E-state index is 0.173. The van der Waals surface area contributed by atoms with E-state index >= 15 is 0 Å². The van der Waals surface area contributed by atoms with Crippen LogP contribution in [-0.4, -0.2) is 41.7 Å². The molecule has 0 aliphatic carbocycles. The molecule has 10 heteroatoms. The summed E-state index contributed by atoms with van der Waals surface area (Å²) in [4.78, 5) is 47.7. The number of fused-ring (bicyclic) bond motifs is 1. The van der Waals surface area contributed by atoms with Crippen LogP contribution in [0.3, 0.4) is 0 Å². The largest absolute Gasteiger partial charge is 0.318 e. The van der Waals surface area contributed by atoms with E-state index in [2.05, 4.69) is 40.5 Å². The molecule has 0 atom stereocenters. The van der Waals surface area contributed by atoms with Crippen molar-refractivity contribution in [2.45, 2.75) is 0 Å². The molecular formula is C12H6N8O2. The quantitative estimate of drug-likeness (QED) is 0.678. The molecule has 0 saturated carbocycles. The fourth-order valence-electron chi connectivity index (χ4n) is 2.25.